The van der Waals surface area contributed by atoms with Crippen molar-refractivity contribution in [3.63, 3.8) is 0 Å². The molecule has 0 aromatic heterocycles. The van der Waals surface area contributed by atoms with Crippen LogP contribution in [0.3, 0.4) is 0 Å². The van der Waals surface area contributed by atoms with Crippen LogP contribution in [0, 0.1) is 0 Å². The molecular formula is C37H25Br. The molecule has 0 heterocycles. The molecule has 0 N–H and O–H groups in total. The largest absolute Gasteiger partial charge is 0.0616 e. The molecule has 0 unspecified atom stereocenters. The summed E-state index contributed by atoms with van der Waals surface area (Å²) in [6.45, 7) is 4.71. The Bertz CT molecular complexity index is 2110. The lowest BCUT2D eigenvalue weighted by atomic mass is 9.81. The van der Waals surface area contributed by atoms with Crippen molar-refractivity contribution in [2.75, 3.05) is 0 Å². The molecule has 0 radical (unpaired) electrons. The van der Waals surface area contributed by atoms with Gasteiger partial charge in [-0.1, -0.05) is 121 Å². The zero-order valence-corrected chi connectivity index (χ0v) is 22.9. The molecule has 0 atom stereocenters. The molecule has 0 fully saturated rings. The SMILES string of the molecule is CC1(C)c2cc(Br)ccc2-c2ccc(-c3cc4c5ccccc5c5ccccc5c4c4ccccc34)cc21. The smallest absolute Gasteiger partial charge is 0.0178 e. The van der Waals surface area contributed by atoms with Crippen LogP contribution in [-0.2, 0) is 5.41 Å². The summed E-state index contributed by atoms with van der Waals surface area (Å²) in [5.41, 5.74) is 8.00. The van der Waals surface area contributed by atoms with Gasteiger partial charge in [-0.15, -0.1) is 0 Å². The normalized spacial score (nSPS) is 13.9. The minimum atomic E-state index is -0.0555. The molecule has 0 saturated carbocycles. The van der Waals surface area contributed by atoms with E-state index >= 15 is 0 Å². The molecule has 0 aliphatic heterocycles. The molecule has 0 amide bonds. The molecule has 0 nitrogen and oxygen atoms in total. The van der Waals surface area contributed by atoms with Crippen molar-refractivity contribution in [3.05, 3.63) is 131 Å². The van der Waals surface area contributed by atoms with Crippen LogP contribution in [0.2, 0.25) is 0 Å². The highest BCUT2D eigenvalue weighted by atomic mass is 79.9. The first kappa shape index (κ1) is 22.1. The monoisotopic (exact) mass is 548 g/mol. The van der Waals surface area contributed by atoms with E-state index < -0.39 is 0 Å². The molecule has 1 heteroatoms. The Morgan fingerprint density at radius 2 is 0.947 bits per heavy atom. The average molecular weight is 550 g/mol. The first-order valence-electron chi connectivity index (χ1n) is 13.2. The molecule has 0 bridgehead atoms. The summed E-state index contributed by atoms with van der Waals surface area (Å²) in [5.74, 6) is 0. The maximum Gasteiger partial charge on any atom is 0.0178 e. The van der Waals surface area contributed by atoms with Crippen molar-refractivity contribution in [1.29, 1.82) is 0 Å². The van der Waals surface area contributed by atoms with E-state index in [0.717, 1.165) is 4.47 Å². The average Bonchev–Trinajstić information content (AvgIpc) is 3.17. The highest BCUT2D eigenvalue weighted by Crippen LogP contribution is 2.51. The summed E-state index contributed by atoms with van der Waals surface area (Å²) in [6, 6.07) is 42.9. The first-order chi connectivity index (χ1) is 18.5. The Balaban J connectivity index is 1.49. The maximum absolute atomic E-state index is 3.70. The lowest BCUT2D eigenvalue weighted by Crippen LogP contribution is -2.15. The van der Waals surface area contributed by atoms with E-state index in [-0.39, 0.29) is 5.41 Å². The maximum atomic E-state index is 3.70. The van der Waals surface area contributed by atoms with Gasteiger partial charge in [0, 0.05) is 9.89 Å². The molecule has 8 rings (SSSR count). The third kappa shape index (κ3) is 2.91. The van der Waals surface area contributed by atoms with E-state index in [1.807, 2.05) is 0 Å². The number of hydrogen-bond acceptors (Lipinski definition) is 0. The van der Waals surface area contributed by atoms with Crippen molar-refractivity contribution in [2.45, 2.75) is 19.3 Å². The number of hydrogen-bond donors (Lipinski definition) is 0. The second-order valence-electron chi connectivity index (χ2n) is 11.1. The van der Waals surface area contributed by atoms with Gasteiger partial charge in [-0.3, -0.25) is 0 Å². The summed E-state index contributed by atoms with van der Waals surface area (Å²) in [5, 5.41) is 10.5. The number of benzene rings is 7. The standard InChI is InChI=1S/C37H25Br/c1-37(2)34-19-22(15-17-28(34)29-18-16-23(38)20-35(29)37)32-21-33-26-11-4-3-9-24(26)25-10-5-7-13-30(25)36(33)31-14-8-6-12-27(31)32/h3-21H,1-2H3. The summed E-state index contributed by atoms with van der Waals surface area (Å²) in [7, 11) is 0. The summed E-state index contributed by atoms with van der Waals surface area (Å²) < 4.78 is 1.14. The van der Waals surface area contributed by atoms with Gasteiger partial charge in [-0.2, -0.15) is 0 Å². The number of rotatable bonds is 1. The molecule has 7 aromatic rings. The van der Waals surface area contributed by atoms with Gasteiger partial charge in [0.1, 0.15) is 0 Å². The fourth-order valence-corrected chi connectivity index (χ4v) is 7.24. The Kier molecular flexibility index (Phi) is 4.52. The van der Waals surface area contributed by atoms with Gasteiger partial charge in [0.15, 0.2) is 0 Å². The van der Waals surface area contributed by atoms with Crippen LogP contribution in [-0.4, -0.2) is 0 Å². The minimum Gasteiger partial charge on any atom is -0.0616 e. The van der Waals surface area contributed by atoms with Gasteiger partial charge >= 0.3 is 0 Å². The summed E-state index contributed by atoms with van der Waals surface area (Å²) in [4.78, 5) is 0. The predicted molar refractivity (Wildman–Crippen MR) is 167 cm³/mol. The van der Waals surface area contributed by atoms with Crippen LogP contribution in [0.15, 0.2) is 120 Å². The highest BCUT2D eigenvalue weighted by Gasteiger charge is 2.35. The van der Waals surface area contributed by atoms with Gasteiger partial charge in [0.25, 0.3) is 0 Å². The number of fused-ring (bicyclic) bond motifs is 11. The van der Waals surface area contributed by atoms with E-state index in [2.05, 4.69) is 145 Å². The van der Waals surface area contributed by atoms with E-state index in [1.165, 1.54) is 76.5 Å². The van der Waals surface area contributed by atoms with Crippen LogP contribution in [0.5, 0.6) is 0 Å². The molecule has 0 saturated heterocycles. The van der Waals surface area contributed by atoms with Crippen molar-refractivity contribution in [1.82, 2.24) is 0 Å². The van der Waals surface area contributed by atoms with E-state index in [9.17, 15) is 0 Å². The molecule has 180 valence electrons. The molecular weight excluding hydrogens is 524 g/mol. The predicted octanol–water partition coefficient (Wildman–Crippen LogP) is 11.0. The van der Waals surface area contributed by atoms with Crippen LogP contribution in [0.4, 0.5) is 0 Å². The van der Waals surface area contributed by atoms with E-state index in [4.69, 9.17) is 0 Å². The van der Waals surface area contributed by atoms with E-state index in [1.54, 1.807) is 0 Å². The van der Waals surface area contributed by atoms with Crippen molar-refractivity contribution >= 4 is 59.0 Å². The Morgan fingerprint density at radius 1 is 0.447 bits per heavy atom. The highest BCUT2D eigenvalue weighted by molar-refractivity contribution is 9.10. The van der Waals surface area contributed by atoms with Crippen LogP contribution in [0.1, 0.15) is 25.0 Å². The lowest BCUT2D eigenvalue weighted by molar-refractivity contribution is 0.660. The van der Waals surface area contributed by atoms with Crippen LogP contribution < -0.4 is 0 Å². The third-order valence-corrected chi connectivity index (χ3v) is 9.19. The van der Waals surface area contributed by atoms with Gasteiger partial charge in [0.05, 0.1) is 0 Å². The van der Waals surface area contributed by atoms with Crippen LogP contribution >= 0.6 is 15.9 Å². The lowest BCUT2D eigenvalue weighted by Gasteiger charge is -2.22. The molecule has 1 aliphatic carbocycles. The second kappa shape index (κ2) is 7.79. The number of halogens is 1. The van der Waals surface area contributed by atoms with E-state index in [0.29, 0.717) is 0 Å². The summed E-state index contributed by atoms with van der Waals surface area (Å²) in [6.07, 6.45) is 0. The fraction of sp³-hybridized carbons (Fsp3) is 0.0811. The third-order valence-electron chi connectivity index (χ3n) is 8.70. The first-order valence-corrected chi connectivity index (χ1v) is 14.0. The molecule has 1 aliphatic rings. The van der Waals surface area contributed by atoms with Gasteiger partial charge in [-0.05, 0) is 101 Å². The van der Waals surface area contributed by atoms with Gasteiger partial charge < -0.3 is 0 Å². The second-order valence-corrected chi connectivity index (χ2v) is 12.0. The molecule has 38 heavy (non-hydrogen) atoms. The van der Waals surface area contributed by atoms with Crippen molar-refractivity contribution in [2.24, 2.45) is 0 Å². The fourth-order valence-electron chi connectivity index (χ4n) is 6.88. The van der Waals surface area contributed by atoms with Gasteiger partial charge in [0.2, 0.25) is 0 Å². The van der Waals surface area contributed by atoms with Crippen molar-refractivity contribution in [3.8, 4) is 22.3 Å². The quantitative estimate of drug-likeness (QED) is 0.179. The topological polar surface area (TPSA) is 0 Å². The molecule has 7 aromatic carbocycles. The van der Waals surface area contributed by atoms with Crippen LogP contribution in [0.25, 0.3) is 65.3 Å². The molecule has 0 spiro atoms. The van der Waals surface area contributed by atoms with Gasteiger partial charge in [-0.25, -0.2) is 0 Å². The minimum absolute atomic E-state index is 0.0555. The zero-order chi connectivity index (χ0) is 25.6. The van der Waals surface area contributed by atoms with Crippen molar-refractivity contribution < 1.29 is 0 Å². The Hall–Kier alpha value is -3.94. The zero-order valence-electron chi connectivity index (χ0n) is 21.3. The summed E-state index contributed by atoms with van der Waals surface area (Å²) >= 11 is 3.70. The Labute approximate surface area is 230 Å². The Morgan fingerprint density at radius 3 is 1.63 bits per heavy atom.